The molecule has 1 aromatic heterocycles. The molecule has 0 bridgehead atoms. The van der Waals surface area contributed by atoms with Crippen LogP contribution in [0.15, 0.2) is 6.07 Å². The Morgan fingerprint density at radius 2 is 2.33 bits per heavy atom. The molecule has 100 valence electrons. The van der Waals surface area contributed by atoms with Gasteiger partial charge in [-0.25, -0.2) is 4.79 Å². The molecule has 1 fully saturated rings. The van der Waals surface area contributed by atoms with Crippen molar-refractivity contribution in [2.45, 2.75) is 26.2 Å². The fraction of sp³-hybridized carbons (Fsp3) is 0.667. The molecule has 2 rings (SSSR count). The Morgan fingerprint density at radius 3 is 2.83 bits per heavy atom. The second kappa shape index (κ2) is 4.97. The molecule has 0 aliphatic heterocycles. The van der Waals surface area contributed by atoms with Gasteiger partial charge in [0.2, 0.25) is 0 Å². The van der Waals surface area contributed by atoms with Gasteiger partial charge in [0.15, 0.2) is 0 Å². The number of aromatic nitrogens is 2. The van der Waals surface area contributed by atoms with Gasteiger partial charge in [-0.05, 0) is 19.3 Å². The third kappa shape index (κ3) is 2.81. The van der Waals surface area contributed by atoms with Crippen molar-refractivity contribution in [1.82, 2.24) is 15.1 Å². The van der Waals surface area contributed by atoms with Gasteiger partial charge in [-0.15, -0.1) is 0 Å². The quantitative estimate of drug-likeness (QED) is 0.727. The molecule has 0 atom stereocenters. The van der Waals surface area contributed by atoms with Crippen LogP contribution >= 0.6 is 0 Å². The van der Waals surface area contributed by atoms with Crippen molar-refractivity contribution >= 4 is 11.8 Å². The van der Waals surface area contributed by atoms with Crippen molar-refractivity contribution in [2.75, 3.05) is 18.5 Å². The molecule has 1 aliphatic carbocycles. The van der Waals surface area contributed by atoms with Gasteiger partial charge in [0.05, 0.1) is 12.3 Å². The summed E-state index contributed by atoms with van der Waals surface area (Å²) >= 11 is 0. The van der Waals surface area contributed by atoms with Crippen LogP contribution in [0.1, 0.15) is 25.5 Å². The first-order valence-corrected chi connectivity index (χ1v) is 6.27. The van der Waals surface area contributed by atoms with E-state index in [2.05, 4.69) is 15.7 Å². The number of anilines is 1. The van der Waals surface area contributed by atoms with E-state index in [1.165, 1.54) is 0 Å². The summed E-state index contributed by atoms with van der Waals surface area (Å²) in [6.45, 7) is 2.68. The fourth-order valence-corrected chi connectivity index (χ4v) is 1.81. The predicted octanol–water partition coefficient (Wildman–Crippen LogP) is 0.876. The molecule has 0 aromatic carbocycles. The van der Waals surface area contributed by atoms with E-state index in [4.69, 9.17) is 5.11 Å². The smallest absolute Gasteiger partial charge is 0.320 e. The van der Waals surface area contributed by atoms with Gasteiger partial charge < -0.3 is 10.4 Å². The maximum atomic E-state index is 11.7. The van der Waals surface area contributed by atoms with Gasteiger partial charge in [0.25, 0.3) is 0 Å². The molecular formula is C12H20N4O2. The zero-order valence-corrected chi connectivity index (χ0v) is 10.9. The highest BCUT2D eigenvalue weighted by molar-refractivity contribution is 5.88. The van der Waals surface area contributed by atoms with E-state index in [1.54, 1.807) is 11.7 Å². The summed E-state index contributed by atoms with van der Waals surface area (Å²) in [7, 11) is 1.80. The van der Waals surface area contributed by atoms with Crippen LogP contribution in [0, 0.1) is 5.41 Å². The minimum Gasteiger partial charge on any atom is -0.396 e. The third-order valence-corrected chi connectivity index (χ3v) is 3.45. The number of aliphatic hydroxyl groups excluding tert-OH is 1. The summed E-state index contributed by atoms with van der Waals surface area (Å²) in [4.78, 5) is 11.7. The van der Waals surface area contributed by atoms with Crippen molar-refractivity contribution < 1.29 is 9.90 Å². The Hall–Kier alpha value is -1.56. The number of aryl methyl sites for hydroxylation is 2. The van der Waals surface area contributed by atoms with Crippen molar-refractivity contribution in [2.24, 2.45) is 12.5 Å². The number of amides is 2. The van der Waals surface area contributed by atoms with E-state index in [0.717, 1.165) is 25.0 Å². The lowest BCUT2D eigenvalue weighted by Gasteiger charge is -2.13. The summed E-state index contributed by atoms with van der Waals surface area (Å²) in [6, 6.07) is 1.61. The number of aliphatic hydroxyl groups is 1. The fourth-order valence-electron chi connectivity index (χ4n) is 1.81. The van der Waals surface area contributed by atoms with E-state index >= 15 is 0 Å². The van der Waals surface area contributed by atoms with E-state index in [0.29, 0.717) is 12.4 Å². The van der Waals surface area contributed by atoms with E-state index < -0.39 is 0 Å². The molecule has 18 heavy (non-hydrogen) atoms. The van der Waals surface area contributed by atoms with Crippen LogP contribution < -0.4 is 10.6 Å². The highest BCUT2D eigenvalue weighted by Crippen LogP contribution is 2.44. The van der Waals surface area contributed by atoms with Crippen molar-refractivity contribution in [3.63, 3.8) is 0 Å². The number of hydrogen-bond acceptors (Lipinski definition) is 3. The Morgan fingerprint density at radius 1 is 1.61 bits per heavy atom. The Kier molecular flexibility index (Phi) is 3.56. The normalized spacial score (nSPS) is 16.4. The Labute approximate surface area is 106 Å². The molecular weight excluding hydrogens is 232 g/mol. The summed E-state index contributed by atoms with van der Waals surface area (Å²) in [5.74, 6) is 0.679. The number of nitrogens with one attached hydrogen (secondary N) is 2. The topological polar surface area (TPSA) is 79.2 Å². The molecule has 6 heteroatoms. The van der Waals surface area contributed by atoms with Gasteiger partial charge in [-0.1, -0.05) is 6.92 Å². The number of urea groups is 1. The van der Waals surface area contributed by atoms with Crippen LogP contribution in [0.25, 0.3) is 0 Å². The van der Waals surface area contributed by atoms with Crippen molar-refractivity contribution in [3.8, 4) is 0 Å². The standard InChI is InChI=1S/C12H20N4O2/c1-3-9-6-10(16(2)15-9)14-11(18)13-7-12(8-17)4-5-12/h6,17H,3-5,7-8H2,1-2H3,(H2,13,14,18). The second-order valence-electron chi connectivity index (χ2n) is 4.96. The van der Waals surface area contributed by atoms with Crippen LogP contribution in [0.3, 0.4) is 0 Å². The molecule has 1 aliphatic rings. The number of nitrogens with zero attached hydrogens (tertiary/aromatic N) is 2. The lowest BCUT2D eigenvalue weighted by Crippen LogP contribution is -2.35. The Balaban J connectivity index is 1.85. The largest absolute Gasteiger partial charge is 0.396 e. The van der Waals surface area contributed by atoms with Crippen LogP contribution in [0.5, 0.6) is 0 Å². The lowest BCUT2D eigenvalue weighted by molar-refractivity contribution is 0.206. The lowest BCUT2D eigenvalue weighted by atomic mass is 10.1. The first-order valence-electron chi connectivity index (χ1n) is 6.27. The molecule has 0 radical (unpaired) electrons. The Bertz CT molecular complexity index is 437. The minimum absolute atomic E-state index is 0.0711. The van der Waals surface area contributed by atoms with Crippen LogP contribution in [-0.2, 0) is 13.5 Å². The number of carbonyl (C=O) groups excluding carboxylic acids is 1. The van der Waals surface area contributed by atoms with Gasteiger partial charge in [-0.3, -0.25) is 10.00 Å². The molecule has 1 aromatic rings. The maximum Gasteiger partial charge on any atom is 0.320 e. The zero-order chi connectivity index (χ0) is 13.2. The first kappa shape index (κ1) is 12.9. The predicted molar refractivity (Wildman–Crippen MR) is 68.4 cm³/mol. The van der Waals surface area contributed by atoms with Gasteiger partial charge in [0, 0.05) is 25.1 Å². The molecule has 0 saturated heterocycles. The second-order valence-corrected chi connectivity index (χ2v) is 4.96. The van der Waals surface area contributed by atoms with E-state index in [1.807, 2.05) is 13.0 Å². The molecule has 0 spiro atoms. The van der Waals surface area contributed by atoms with Gasteiger partial charge in [0.1, 0.15) is 5.82 Å². The number of hydrogen-bond donors (Lipinski definition) is 3. The van der Waals surface area contributed by atoms with Crippen LogP contribution in [0.4, 0.5) is 10.6 Å². The summed E-state index contributed by atoms with van der Waals surface area (Å²) in [6.07, 6.45) is 2.80. The first-order chi connectivity index (χ1) is 8.58. The number of rotatable bonds is 5. The van der Waals surface area contributed by atoms with Crippen LogP contribution in [0.2, 0.25) is 0 Å². The SMILES string of the molecule is CCc1cc(NC(=O)NCC2(CO)CC2)n(C)n1. The summed E-state index contributed by atoms with van der Waals surface area (Å²) in [5, 5.41) is 19.0. The monoisotopic (exact) mass is 252 g/mol. The van der Waals surface area contributed by atoms with E-state index in [9.17, 15) is 4.79 Å². The van der Waals surface area contributed by atoms with Gasteiger partial charge in [-0.2, -0.15) is 5.10 Å². The van der Waals surface area contributed by atoms with Crippen molar-refractivity contribution in [1.29, 1.82) is 0 Å². The molecule has 1 heterocycles. The van der Waals surface area contributed by atoms with Crippen molar-refractivity contribution in [3.05, 3.63) is 11.8 Å². The zero-order valence-electron chi connectivity index (χ0n) is 10.9. The highest BCUT2D eigenvalue weighted by Gasteiger charge is 2.42. The average molecular weight is 252 g/mol. The molecule has 0 unspecified atom stereocenters. The van der Waals surface area contributed by atoms with Gasteiger partial charge >= 0.3 is 6.03 Å². The third-order valence-electron chi connectivity index (χ3n) is 3.45. The molecule has 6 nitrogen and oxygen atoms in total. The molecule has 3 N–H and O–H groups in total. The highest BCUT2D eigenvalue weighted by atomic mass is 16.3. The maximum absolute atomic E-state index is 11.7. The molecule has 1 saturated carbocycles. The number of carbonyl (C=O) groups is 1. The van der Waals surface area contributed by atoms with E-state index in [-0.39, 0.29) is 18.1 Å². The minimum atomic E-state index is -0.250. The van der Waals surface area contributed by atoms with Crippen LogP contribution in [-0.4, -0.2) is 34.1 Å². The molecule has 2 amide bonds. The summed E-state index contributed by atoms with van der Waals surface area (Å²) < 4.78 is 1.65. The average Bonchev–Trinajstić information content (AvgIpc) is 3.07. The summed E-state index contributed by atoms with van der Waals surface area (Å²) in [5.41, 5.74) is 0.875.